The fourth-order valence-corrected chi connectivity index (χ4v) is 1.64. The predicted octanol–water partition coefficient (Wildman–Crippen LogP) is -0.176. The Bertz CT molecular complexity index is 482. The van der Waals surface area contributed by atoms with Crippen molar-refractivity contribution in [3.63, 3.8) is 0 Å². The number of anilines is 1. The lowest BCUT2D eigenvalue weighted by molar-refractivity contribution is -0.387. The molecule has 0 saturated heterocycles. The monoisotopic (exact) mass is 217 g/mol. The molecule has 0 aliphatic carbocycles. The van der Waals surface area contributed by atoms with Gasteiger partial charge < -0.3 is 5.73 Å². The molecule has 8 heteroatoms. The van der Waals surface area contributed by atoms with Gasteiger partial charge in [-0.2, -0.15) is 0 Å². The highest BCUT2D eigenvalue weighted by molar-refractivity contribution is 7.89. The standard InChI is InChI=1S/C6H7N3O4S/c7-4-1-2-5(9(10)11)6(3-4)14(8,12)13/h1-3H,7H2,(H2,8,12,13). The van der Waals surface area contributed by atoms with E-state index in [9.17, 15) is 18.5 Å². The van der Waals surface area contributed by atoms with Gasteiger partial charge in [-0.3, -0.25) is 10.1 Å². The van der Waals surface area contributed by atoms with E-state index in [1.165, 1.54) is 6.07 Å². The average molecular weight is 217 g/mol. The van der Waals surface area contributed by atoms with E-state index in [-0.39, 0.29) is 5.69 Å². The number of hydrogen-bond acceptors (Lipinski definition) is 5. The Balaban J connectivity index is 3.54. The number of nitro groups is 1. The van der Waals surface area contributed by atoms with E-state index in [2.05, 4.69) is 0 Å². The minimum absolute atomic E-state index is 0.0969. The van der Waals surface area contributed by atoms with Gasteiger partial charge in [0.05, 0.1) is 4.92 Å². The first-order valence-corrected chi connectivity index (χ1v) is 4.93. The van der Waals surface area contributed by atoms with Crippen LogP contribution in [-0.2, 0) is 10.0 Å². The number of hydrogen-bond donors (Lipinski definition) is 2. The van der Waals surface area contributed by atoms with Crippen LogP contribution in [0.2, 0.25) is 0 Å². The van der Waals surface area contributed by atoms with Crippen molar-refractivity contribution in [2.24, 2.45) is 5.14 Å². The summed E-state index contributed by atoms with van der Waals surface area (Å²) in [5, 5.41) is 15.2. The third kappa shape index (κ3) is 1.98. The molecule has 0 heterocycles. The van der Waals surface area contributed by atoms with Crippen molar-refractivity contribution in [3.05, 3.63) is 28.3 Å². The van der Waals surface area contributed by atoms with Crippen molar-refractivity contribution >= 4 is 21.4 Å². The van der Waals surface area contributed by atoms with Gasteiger partial charge in [0.25, 0.3) is 5.69 Å². The highest BCUT2D eigenvalue weighted by Gasteiger charge is 2.22. The summed E-state index contributed by atoms with van der Waals surface area (Å²) in [6.07, 6.45) is 0. The van der Waals surface area contributed by atoms with Crippen LogP contribution in [0.4, 0.5) is 11.4 Å². The predicted molar refractivity (Wildman–Crippen MR) is 48.9 cm³/mol. The SMILES string of the molecule is Nc1ccc([N+](=O)[O-])c(S(N)(=O)=O)c1. The molecule has 0 spiro atoms. The highest BCUT2D eigenvalue weighted by Crippen LogP contribution is 2.24. The second-order valence-electron chi connectivity index (χ2n) is 2.53. The topological polar surface area (TPSA) is 129 Å². The van der Waals surface area contributed by atoms with E-state index >= 15 is 0 Å². The van der Waals surface area contributed by atoms with Gasteiger partial charge in [-0.1, -0.05) is 0 Å². The second-order valence-corrected chi connectivity index (χ2v) is 4.06. The van der Waals surface area contributed by atoms with Crippen molar-refractivity contribution in [1.29, 1.82) is 0 Å². The van der Waals surface area contributed by atoms with Gasteiger partial charge in [-0.25, -0.2) is 13.6 Å². The van der Waals surface area contributed by atoms with E-state index in [0.29, 0.717) is 0 Å². The largest absolute Gasteiger partial charge is 0.399 e. The summed E-state index contributed by atoms with van der Waals surface area (Å²) in [5.41, 5.74) is 4.80. The van der Waals surface area contributed by atoms with Gasteiger partial charge >= 0.3 is 0 Å². The molecule has 14 heavy (non-hydrogen) atoms. The lowest BCUT2D eigenvalue weighted by atomic mass is 10.3. The van der Waals surface area contributed by atoms with Crippen molar-refractivity contribution in [1.82, 2.24) is 0 Å². The zero-order chi connectivity index (χ0) is 10.9. The maximum Gasteiger partial charge on any atom is 0.289 e. The van der Waals surface area contributed by atoms with Crippen LogP contribution in [0.5, 0.6) is 0 Å². The number of nitro benzene ring substituents is 1. The van der Waals surface area contributed by atoms with Gasteiger partial charge in [0.2, 0.25) is 10.0 Å². The number of nitrogens with two attached hydrogens (primary N) is 2. The molecular formula is C6H7N3O4S. The normalized spacial score (nSPS) is 11.2. The lowest BCUT2D eigenvalue weighted by Gasteiger charge is -2.00. The van der Waals surface area contributed by atoms with E-state index < -0.39 is 25.5 Å². The molecular weight excluding hydrogens is 210 g/mol. The maximum absolute atomic E-state index is 10.9. The molecule has 0 amide bonds. The van der Waals surface area contributed by atoms with Crippen LogP contribution in [0.1, 0.15) is 0 Å². The summed E-state index contributed by atoms with van der Waals surface area (Å²) in [7, 11) is -4.12. The van der Waals surface area contributed by atoms with Crippen LogP contribution in [0.3, 0.4) is 0 Å². The molecule has 7 nitrogen and oxygen atoms in total. The van der Waals surface area contributed by atoms with Gasteiger partial charge in [0.1, 0.15) is 0 Å². The molecule has 0 radical (unpaired) electrons. The summed E-state index contributed by atoms with van der Waals surface area (Å²) in [6.45, 7) is 0. The molecule has 0 bridgehead atoms. The fourth-order valence-electron chi connectivity index (χ4n) is 0.909. The van der Waals surface area contributed by atoms with Crippen LogP contribution in [0.15, 0.2) is 23.1 Å². The molecule has 0 fully saturated rings. The number of rotatable bonds is 2. The molecule has 0 aromatic heterocycles. The van der Waals surface area contributed by atoms with Crippen molar-refractivity contribution in [2.45, 2.75) is 4.90 Å². The van der Waals surface area contributed by atoms with Gasteiger partial charge in [0, 0.05) is 11.8 Å². The Morgan fingerprint density at radius 2 is 1.93 bits per heavy atom. The van der Waals surface area contributed by atoms with Crippen LogP contribution in [-0.4, -0.2) is 13.3 Å². The number of nitrogen functional groups attached to an aromatic ring is 1. The third-order valence-corrected chi connectivity index (χ3v) is 2.43. The molecule has 0 aliphatic heterocycles. The molecule has 0 aliphatic rings. The lowest BCUT2D eigenvalue weighted by Crippen LogP contribution is -2.14. The highest BCUT2D eigenvalue weighted by atomic mass is 32.2. The molecule has 1 aromatic rings. The minimum atomic E-state index is -4.12. The summed E-state index contributed by atoms with van der Waals surface area (Å²) >= 11 is 0. The number of primary sulfonamides is 1. The number of nitrogens with zero attached hydrogens (tertiary/aromatic N) is 1. The van der Waals surface area contributed by atoms with Crippen LogP contribution >= 0.6 is 0 Å². The Kier molecular flexibility index (Phi) is 2.41. The van der Waals surface area contributed by atoms with E-state index in [0.717, 1.165) is 12.1 Å². The summed E-state index contributed by atoms with van der Waals surface area (Å²) in [5.74, 6) is 0. The summed E-state index contributed by atoms with van der Waals surface area (Å²) < 4.78 is 21.9. The number of benzene rings is 1. The van der Waals surface area contributed by atoms with Crippen LogP contribution in [0, 0.1) is 10.1 Å². The first kappa shape index (κ1) is 10.4. The third-order valence-electron chi connectivity index (χ3n) is 1.49. The summed E-state index contributed by atoms with van der Waals surface area (Å²) in [6, 6.07) is 3.18. The second kappa shape index (κ2) is 3.24. The Morgan fingerprint density at radius 1 is 1.36 bits per heavy atom. The number of sulfonamides is 1. The first-order chi connectivity index (χ1) is 6.32. The fraction of sp³-hybridized carbons (Fsp3) is 0. The van der Waals surface area contributed by atoms with E-state index in [1.807, 2.05) is 0 Å². The van der Waals surface area contributed by atoms with Crippen LogP contribution in [0.25, 0.3) is 0 Å². The maximum atomic E-state index is 10.9. The van der Waals surface area contributed by atoms with Gasteiger partial charge in [0.15, 0.2) is 4.90 Å². The van der Waals surface area contributed by atoms with Crippen LogP contribution < -0.4 is 10.9 Å². The molecule has 4 N–H and O–H groups in total. The van der Waals surface area contributed by atoms with Crippen molar-refractivity contribution in [2.75, 3.05) is 5.73 Å². The Morgan fingerprint density at radius 3 is 2.36 bits per heavy atom. The molecule has 0 unspecified atom stereocenters. The van der Waals surface area contributed by atoms with E-state index in [1.54, 1.807) is 0 Å². The average Bonchev–Trinajstić information content (AvgIpc) is 2.01. The van der Waals surface area contributed by atoms with Crippen molar-refractivity contribution < 1.29 is 13.3 Å². The molecule has 0 saturated carbocycles. The summed E-state index contributed by atoms with van der Waals surface area (Å²) in [4.78, 5) is 9.01. The van der Waals surface area contributed by atoms with Gasteiger partial charge in [-0.05, 0) is 12.1 Å². The first-order valence-electron chi connectivity index (χ1n) is 3.39. The van der Waals surface area contributed by atoms with Gasteiger partial charge in [-0.15, -0.1) is 0 Å². The Hall–Kier alpha value is -1.67. The molecule has 1 rings (SSSR count). The molecule has 1 aromatic carbocycles. The minimum Gasteiger partial charge on any atom is -0.399 e. The smallest absolute Gasteiger partial charge is 0.289 e. The molecule has 76 valence electrons. The Labute approximate surface area is 79.5 Å². The zero-order valence-corrected chi connectivity index (χ0v) is 7.69. The quantitative estimate of drug-likeness (QED) is 0.403. The van der Waals surface area contributed by atoms with E-state index in [4.69, 9.17) is 10.9 Å². The van der Waals surface area contributed by atoms with Crippen molar-refractivity contribution in [3.8, 4) is 0 Å². The molecule has 0 atom stereocenters. The zero-order valence-electron chi connectivity index (χ0n) is 6.88.